The zero-order chi connectivity index (χ0) is 13.7. The van der Waals surface area contributed by atoms with E-state index in [0.29, 0.717) is 15.6 Å². The van der Waals surface area contributed by atoms with Gasteiger partial charge in [-0.1, -0.05) is 36.2 Å². The second-order valence-electron chi connectivity index (χ2n) is 3.81. The van der Waals surface area contributed by atoms with Crippen LogP contribution in [0.1, 0.15) is 31.7 Å². The number of benzene rings is 1. The molecule has 1 rings (SSSR count). The Morgan fingerprint density at radius 2 is 1.83 bits per heavy atom. The van der Waals surface area contributed by atoms with Crippen molar-refractivity contribution in [3.8, 4) is 0 Å². The molecular formula is C13H14Cl2O3. The lowest BCUT2D eigenvalue weighted by Crippen LogP contribution is -2.16. The largest absolute Gasteiger partial charge is 0.466 e. The Balaban J connectivity index is 2.84. The maximum Gasteiger partial charge on any atom is 0.313 e. The highest BCUT2D eigenvalue weighted by Crippen LogP contribution is 2.32. The van der Waals surface area contributed by atoms with Crippen molar-refractivity contribution in [1.82, 2.24) is 0 Å². The van der Waals surface area contributed by atoms with Crippen LogP contribution in [0.5, 0.6) is 0 Å². The van der Waals surface area contributed by atoms with Gasteiger partial charge in [0.05, 0.1) is 6.61 Å². The van der Waals surface area contributed by atoms with Crippen molar-refractivity contribution in [2.24, 2.45) is 0 Å². The van der Waals surface area contributed by atoms with E-state index >= 15 is 0 Å². The first-order valence-corrected chi connectivity index (χ1v) is 6.35. The number of hydrogen-bond donors (Lipinski definition) is 0. The van der Waals surface area contributed by atoms with Crippen molar-refractivity contribution >= 4 is 35.0 Å². The van der Waals surface area contributed by atoms with Crippen molar-refractivity contribution in [3.05, 3.63) is 33.8 Å². The SMILES string of the molecule is CCOC(=O)CC(=O)C(C)c1c(Cl)cccc1Cl. The minimum absolute atomic E-state index is 0.257. The summed E-state index contributed by atoms with van der Waals surface area (Å²) in [4.78, 5) is 23.2. The fraction of sp³-hybridized carbons (Fsp3) is 0.385. The first-order chi connectivity index (χ1) is 8.47. The van der Waals surface area contributed by atoms with Gasteiger partial charge in [0.25, 0.3) is 0 Å². The molecule has 0 spiro atoms. The maximum absolute atomic E-state index is 11.9. The number of carbonyl (C=O) groups is 2. The van der Waals surface area contributed by atoms with Crippen molar-refractivity contribution in [1.29, 1.82) is 0 Å². The molecule has 0 aliphatic rings. The second kappa shape index (κ2) is 6.76. The fourth-order valence-corrected chi connectivity index (χ4v) is 2.32. The molecule has 5 heteroatoms. The highest BCUT2D eigenvalue weighted by Gasteiger charge is 2.23. The van der Waals surface area contributed by atoms with Gasteiger partial charge < -0.3 is 4.74 Å². The molecule has 0 heterocycles. The average molecular weight is 289 g/mol. The number of Topliss-reactive ketones (excluding diaryl/α,β-unsaturated/α-hetero) is 1. The average Bonchev–Trinajstić information content (AvgIpc) is 2.28. The Morgan fingerprint density at radius 3 is 2.33 bits per heavy atom. The Bertz CT molecular complexity index is 437. The summed E-state index contributed by atoms with van der Waals surface area (Å²) in [5.74, 6) is -1.32. The molecule has 0 saturated heterocycles. The summed E-state index contributed by atoms with van der Waals surface area (Å²) in [6.07, 6.45) is -0.267. The predicted octanol–water partition coefficient (Wildman–Crippen LogP) is 3.62. The van der Waals surface area contributed by atoms with Crippen LogP contribution in [0.2, 0.25) is 10.0 Å². The molecule has 0 bridgehead atoms. The zero-order valence-corrected chi connectivity index (χ0v) is 11.7. The van der Waals surface area contributed by atoms with Crippen LogP contribution < -0.4 is 0 Å². The first kappa shape index (κ1) is 15.0. The lowest BCUT2D eigenvalue weighted by molar-refractivity contribution is -0.145. The van der Waals surface area contributed by atoms with Gasteiger partial charge in [0, 0.05) is 16.0 Å². The minimum Gasteiger partial charge on any atom is -0.466 e. The summed E-state index contributed by atoms with van der Waals surface area (Å²) in [5, 5.41) is 0.847. The summed E-state index contributed by atoms with van der Waals surface area (Å²) in [6.45, 7) is 3.62. The van der Waals surface area contributed by atoms with E-state index in [9.17, 15) is 9.59 Å². The van der Waals surface area contributed by atoms with Crippen LogP contribution in [0.4, 0.5) is 0 Å². The van der Waals surface area contributed by atoms with Crippen LogP contribution in [0.15, 0.2) is 18.2 Å². The lowest BCUT2D eigenvalue weighted by Gasteiger charge is -2.13. The summed E-state index contributed by atoms with van der Waals surface area (Å²) in [7, 11) is 0. The molecule has 0 fully saturated rings. The normalized spacial score (nSPS) is 12.0. The van der Waals surface area contributed by atoms with E-state index in [1.165, 1.54) is 0 Å². The van der Waals surface area contributed by atoms with Gasteiger partial charge in [0.15, 0.2) is 5.78 Å². The minimum atomic E-state index is -0.532. The van der Waals surface area contributed by atoms with E-state index in [2.05, 4.69) is 0 Å². The van der Waals surface area contributed by atoms with E-state index < -0.39 is 11.9 Å². The van der Waals surface area contributed by atoms with E-state index in [0.717, 1.165) is 0 Å². The number of carbonyl (C=O) groups excluding carboxylic acids is 2. The van der Waals surface area contributed by atoms with Gasteiger partial charge in [-0.25, -0.2) is 0 Å². The molecule has 0 aromatic heterocycles. The highest BCUT2D eigenvalue weighted by molar-refractivity contribution is 6.36. The van der Waals surface area contributed by atoms with Gasteiger partial charge in [0.1, 0.15) is 6.42 Å². The predicted molar refractivity (Wildman–Crippen MR) is 71.1 cm³/mol. The third kappa shape index (κ3) is 3.72. The Hall–Kier alpha value is -1.06. The third-order valence-corrected chi connectivity index (χ3v) is 3.20. The molecule has 0 amide bonds. The van der Waals surface area contributed by atoms with E-state index in [1.807, 2.05) is 0 Å². The van der Waals surface area contributed by atoms with E-state index in [1.54, 1.807) is 32.0 Å². The van der Waals surface area contributed by atoms with Crippen LogP contribution in [0, 0.1) is 0 Å². The smallest absolute Gasteiger partial charge is 0.313 e. The highest BCUT2D eigenvalue weighted by atomic mass is 35.5. The molecule has 0 aliphatic carbocycles. The summed E-state index contributed by atoms with van der Waals surface area (Å²) in [6, 6.07) is 5.03. The number of rotatable bonds is 5. The molecule has 18 heavy (non-hydrogen) atoms. The third-order valence-electron chi connectivity index (χ3n) is 2.54. The van der Waals surface area contributed by atoms with Crippen molar-refractivity contribution in [3.63, 3.8) is 0 Å². The van der Waals surface area contributed by atoms with Gasteiger partial charge in [0.2, 0.25) is 0 Å². The van der Waals surface area contributed by atoms with Crippen molar-refractivity contribution in [2.45, 2.75) is 26.2 Å². The topological polar surface area (TPSA) is 43.4 Å². The van der Waals surface area contributed by atoms with Crippen LogP contribution in [0.25, 0.3) is 0 Å². The lowest BCUT2D eigenvalue weighted by atomic mass is 9.95. The number of ketones is 1. The molecule has 0 saturated carbocycles. The summed E-state index contributed by atoms with van der Waals surface area (Å²) < 4.78 is 4.73. The van der Waals surface area contributed by atoms with Gasteiger partial charge in [-0.15, -0.1) is 0 Å². The van der Waals surface area contributed by atoms with Crippen molar-refractivity contribution < 1.29 is 14.3 Å². The van der Waals surface area contributed by atoms with Crippen LogP contribution in [-0.4, -0.2) is 18.4 Å². The van der Waals surface area contributed by atoms with Crippen LogP contribution in [0.3, 0.4) is 0 Å². The number of hydrogen-bond acceptors (Lipinski definition) is 3. The van der Waals surface area contributed by atoms with Crippen LogP contribution >= 0.6 is 23.2 Å². The molecule has 98 valence electrons. The molecule has 1 atom stereocenters. The number of halogens is 2. The van der Waals surface area contributed by atoms with Gasteiger partial charge >= 0.3 is 5.97 Å². The van der Waals surface area contributed by atoms with Crippen molar-refractivity contribution in [2.75, 3.05) is 6.61 Å². The second-order valence-corrected chi connectivity index (χ2v) is 4.62. The molecule has 1 unspecified atom stereocenters. The fourth-order valence-electron chi connectivity index (χ4n) is 1.59. The quantitative estimate of drug-likeness (QED) is 0.614. The Labute approximate surface area is 116 Å². The van der Waals surface area contributed by atoms with E-state index in [4.69, 9.17) is 27.9 Å². The van der Waals surface area contributed by atoms with E-state index in [-0.39, 0.29) is 18.8 Å². The molecular weight excluding hydrogens is 275 g/mol. The standard InChI is InChI=1S/C13H14Cl2O3/c1-3-18-12(17)7-11(16)8(2)13-9(14)5-4-6-10(13)15/h4-6,8H,3,7H2,1-2H3. The Morgan fingerprint density at radius 1 is 1.28 bits per heavy atom. The number of ether oxygens (including phenoxy) is 1. The Kier molecular flexibility index (Phi) is 5.63. The van der Waals surface area contributed by atoms with Crippen LogP contribution in [-0.2, 0) is 14.3 Å². The summed E-state index contributed by atoms with van der Waals surface area (Å²) >= 11 is 12.0. The zero-order valence-electron chi connectivity index (χ0n) is 10.2. The molecule has 0 N–H and O–H groups in total. The molecule has 1 aromatic carbocycles. The van der Waals surface area contributed by atoms with Gasteiger partial charge in [-0.3, -0.25) is 9.59 Å². The molecule has 1 aromatic rings. The first-order valence-electron chi connectivity index (χ1n) is 5.59. The molecule has 3 nitrogen and oxygen atoms in total. The van der Waals surface area contributed by atoms with Gasteiger partial charge in [-0.2, -0.15) is 0 Å². The van der Waals surface area contributed by atoms with Gasteiger partial charge in [-0.05, 0) is 24.6 Å². The number of esters is 1. The maximum atomic E-state index is 11.9. The summed E-state index contributed by atoms with van der Waals surface area (Å²) in [5.41, 5.74) is 0.551. The molecule has 0 aliphatic heterocycles. The molecule has 0 radical (unpaired) electrons. The monoisotopic (exact) mass is 288 g/mol.